The number of hydrogen-bond acceptors (Lipinski definition) is 6. The van der Waals surface area contributed by atoms with Gasteiger partial charge in [-0.1, -0.05) is 6.07 Å². The van der Waals surface area contributed by atoms with Crippen molar-refractivity contribution < 1.29 is 17.6 Å². The standard InChI is InChI=1S/C18H22N4O4S/c1-22(2)27(24,25)21-17(23)15-10-26-18(19-15)20-16-13-7-3-5-11(13)9-12-6-4-8-14(12)16/h9-10H,3-8H2,1-2H3,(H,19,20)(H,21,23). The summed E-state index contributed by atoms with van der Waals surface area (Å²) >= 11 is 0. The first-order chi connectivity index (χ1) is 12.8. The van der Waals surface area contributed by atoms with Crippen LogP contribution in [0.25, 0.3) is 0 Å². The van der Waals surface area contributed by atoms with Gasteiger partial charge in [0.25, 0.3) is 11.9 Å². The number of hydrogen-bond donors (Lipinski definition) is 2. The Hall–Kier alpha value is -2.39. The van der Waals surface area contributed by atoms with Crippen molar-refractivity contribution in [2.75, 3.05) is 19.4 Å². The fourth-order valence-electron chi connectivity index (χ4n) is 3.77. The van der Waals surface area contributed by atoms with E-state index in [0.717, 1.165) is 54.8 Å². The highest BCUT2D eigenvalue weighted by Gasteiger charge is 2.26. The van der Waals surface area contributed by atoms with Crippen LogP contribution in [0.5, 0.6) is 0 Å². The van der Waals surface area contributed by atoms with E-state index in [-0.39, 0.29) is 11.7 Å². The third-order valence-electron chi connectivity index (χ3n) is 5.14. The summed E-state index contributed by atoms with van der Waals surface area (Å²) in [7, 11) is -1.21. The maximum atomic E-state index is 12.1. The number of carbonyl (C=O) groups excluding carboxylic acids is 1. The Kier molecular flexibility index (Phi) is 4.43. The lowest BCUT2D eigenvalue weighted by atomic mass is 9.99. The molecule has 9 heteroatoms. The summed E-state index contributed by atoms with van der Waals surface area (Å²) in [5.41, 5.74) is 6.31. The van der Waals surface area contributed by atoms with Crippen molar-refractivity contribution in [3.05, 3.63) is 40.3 Å². The second-order valence-corrected chi connectivity index (χ2v) is 9.00. The Morgan fingerprint density at radius 2 is 1.74 bits per heavy atom. The van der Waals surface area contributed by atoms with Crippen LogP contribution in [0, 0.1) is 0 Å². The van der Waals surface area contributed by atoms with Crippen molar-refractivity contribution >= 4 is 27.8 Å². The van der Waals surface area contributed by atoms with E-state index in [9.17, 15) is 13.2 Å². The summed E-state index contributed by atoms with van der Waals surface area (Å²) in [5.74, 6) is -0.830. The third-order valence-corrected chi connectivity index (χ3v) is 6.55. The van der Waals surface area contributed by atoms with E-state index in [1.165, 1.54) is 36.3 Å². The Morgan fingerprint density at radius 3 is 2.33 bits per heavy atom. The molecule has 1 aromatic carbocycles. The molecule has 0 aliphatic heterocycles. The number of carbonyl (C=O) groups is 1. The molecule has 144 valence electrons. The summed E-state index contributed by atoms with van der Waals surface area (Å²) < 4.78 is 31.8. The van der Waals surface area contributed by atoms with Crippen LogP contribution in [0.15, 0.2) is 16.7 Å². The molecule has 2 aliphatic rings. The highest BCUT2D eigenvalue weighted by Crippen LogP contribution is 2.39. The zero-order valence-electron chi connectivity index (χ0n) is 15.3. The molecule has 1 amide bonds. The van der Waals surface area contributed by atoms with E-state index >= 15 is 0 Å². The highest BCUT2D eigenvalue weighted by atomic mass is 32.2. The number of benzene rings is 1. The number of rotatable bonds is 5. The number of amides is 1. The second-order valence-electron chi connectivity index (χ2n) is 7.12. The van der Waals surface area contributed by atoms with Gasteiger partial charge in [-0.3, -0.25) is 4.79 Å². The molecule has 2 N–H and O–H groups in total. The molecule has 0 radical (unpaired) electrons. The first-order valence-electron chi connectivity index (χ1n) is 8.99. The monoisotopic (exact) mass is 390 g/mol. The van der Waals surface area contributed by atoms with Gasteiger partial charge in [-0.25, -0.2) is 4.72 Å². The van der Waals surface area contributed by atoms with Gasteiger partial charge in [0.1, 0.15) is 6.26 Å². The van der Waals surface area contributed by atoms with E-state index in [0.29, 0.717) is 0 Å². The zero-order valence-corrected chi connectivity index (χ0v) is 16.1. The van der Waals surface area contributed by atoms with Crippen molar-refractivity contribution in [2.24, 2.45) is 0 Å². The van der Waals surface area contributed by atoms with E-state index in [1.54, 1.807) is 0 Å². The molecule has 1 aromatic heterocycles. The SMILES string of the molecule is CN(C)S(=O)(=O)NC(=O)c1coc(Nc2c3c(cc4c2CCC4)CCC3)n1. The Balaban J connectivity index is 1.59. The Bertz CT molecular complexity index is 978. The largest absolute Gasteiger partial charge is 0.431 e. The molecule has 0 spiro atoms. The van der Waals surface area contributed by atoms with E-state index in [4.69, 9.17) is 4.42 Å². The summed E-state index contributed by atoms with van der Waals surface area (Å²) in [6.45, 7) is 0. The molecule has 0 saturated carbocycles. The molecule has 27 heavy (non-hydrogen) atoms. The van der Waals surface area contributed by atoms with Crippen LogP contribution >= 0.6 is 0 Å². The number of nitrogens with zero attached hydrogens (tertiary/aromatic N) is 2. The number of aryl methyl sites for hydroxylation is 2. The Morgan fingerprint density at radius 1 is 1.11 bits per heavy atom. The predicted octanol–water partition coefficient (Wildman–Crippen LogP) is 1.93. The fraction of sp³-hybridized carbons (Fsp3) is 0.444. The molecular formula is C18H22N4O4S. The van der Waals surface area contributed by atoms with Gasteiger partial charge in [-0.2, -0.15) is 17.7 Å². The maximum absolute atomic E-state index is 12.1. The third kappa shape index (κ3) is 3.32. The number of anilines is 2. The van der Waals surface area contributed by atoms with Crippen molar-refractivity contribution in [3.63, 3.8) is 0 Å². The van der Waals surface area contributed by atoms with E-state index in [1.807, 2.05) is 4.72 Å². The van der Waals surface area contributed by atoms with Crippen molar-refractivity contribution in [1.29, 1.82) is 0 Å². The molecule has 1 heterocycles. The molecule has 4 rings (SSSR count). The van der Waals surface area contributed by atoms with Crippen molar-refractivity contribution in [2.45, 2.75) is 38.5 Å². The van der Waals surface area contributed by atoms with E-state index < -0.39 is 16.1 Å². The van der Waals surface area contributed by atoms with Gasteiger partial charge in [-0.05, 0) is 60.8 Å². The lowest BCUT2D eigenvalue weighted by Crippen LogP contribution is -2.39. The number of oxazole rings is 1. The lowest BCUT2D eigenvalue weighted by molar-refractivity contribution is 0.0975. The fourth-order valence-corrected chi connectivity index (χ4v) is 4.29. The van der Waals surface area contributed by atoms with Crippen LogP contribution in [0.4, 0.5) is 11.7 Å². The minimum atomic E-state index is -3.88. The van der Waals surface area contributed by atoms with Gasteiger partial charge in [-0.15, -0.1) is 0 Å². The average molecular weight is 390 g/mol. The van der Waals surface area contributed by atoms with Crippen LogP contribution < -0.4 is 10.0 Å². The minimum absolute atomic E-state index is 0.0906. The number of fused-ring (bicyclic) bond motifs is 2. The van der Waals surface area contributed by atoms with Crippen molar-refractivity contribution in [3.8, 4) is 0 Å². The normalized spacial score (nSPS) is 15.7. The molecule has 0 fully saturated rings. The molecule has 0 unspecified atom stereocenters. The van der Waals surface area contributed by atoms with Crippen LogP contribution in [0.3, 0.4) is 0 Å². The van der Waals surface area contributed by atoms with Gasteiger partial charge in [0.15, 0.2) is 5.69 Å². The second kappa shape index (κ2) is 6.65. The molecular weight excluding hydrogens is 368 g/mol. The highest BCUT2D eigenvalue weighted by molar-refractivity contribution is 7.87. The molecule has 8 nitrogen and oxygen atoms in total. The van der Waals surface area contributed by atoms with Crippen molar-refractivity contribution in [1.82, 2.24) is 14.0 Å². The van der Waals surface area contributed by atoms with Gasteiger partial charge >= 0.3 is 10.2 Å². The maximum Gasteiger partial charge on any atom is 0.303 e. The number of nitrogens with one attached hydrogen (secondary N) is 2. The van der Waals surface area contributed by atoms with Crippen LogP contribution in [0.2, 0.25) is 0 Å². The summed E-state index contributed by atoms with van der Waals surface area (Å²) in [6, 6.07) is 2.52. The predicted molar refractivity (Wildman–Crippen MR) is 100 cm³/mol. The topological polar surface area (TPSA) is 105 Å². The smallest absolute Gasteiger partial charge is 0.303 e. The first kappa shape index (κ1) is 18.0. The van der Waals surface area contributed by atoms with Crippen LogP contribution in [0.1, 0.15) is 45.6 Å². The van der Waals surface area contributed by atoms with Gasteiger partial charge in [0.2, 0.25) is 0 Å². The van der Waals surface area contributed by atoms with Crippen LogP contribution in [-0.4, -0.2) is 37.7 Å². The van der Waals surface area contributed by atoms with Gasteiger partial charge in [0.05, 0.1) is 0 Å². The molecule has 0 saturated heterocycles. The van der Waals surface area contributed by atoms with Gasteiger partial charge < -0.3 is 9.73 Å². The molecule has 0 atom stereocenters. The minimum Gasteiger partial charge on any atom is -0.431 e. The first-order valence-corrected chi connectivity index (χ1v) is 10.4. The average Bonchev–Trinajstić information content (AvgIpc) is 3.33. The number of aromatic nitrogens is 1. The summed E-state index contributed by atoms with van der Waals surface area (Å²) in [4.78, 5) is 16.3. The summed E-state index contributed by atoms with van der Waals surface area (Å²) in [6.07, 6.45) is 7.62. The van der Waals surface area contributed by atoms with Crippen LogP contribution in [-0.2, 0) is 35.9 Å². The summed E-state index contributed by atoms with van der Waals surface area (Å²) in [5, 5.41) is 3.25. The molecule has 0 bridgehead atoms. The Labute approximate surface area is 158 Å². The van der Waals surface area contributed by atoms with E-state index in [2.05, 4.69) is 16.4 Å². The van der Waals surface area contributed by atoms with Gasteiger partial charge in [0, 0.05) is 19.8 Å². The zero-order chi connectivity index (χ0) is 19.2. The molecule has 2 aromatic rings. The quantitative estimate of drug-likeness (QED) is 0.808. The molecule has 2 aliphatic carbocycles. The lowest BCUT2D eigenvalue weighted by Gasteiger charge is -2.14.